The van der Waals surface area contributed by atoms with Crippen molar-refractivity contribution in [3.63, 3.8) is 0 Å². The molecule has 0 heterocycles. The van der Waals surface area contributed by atoms with Gasteiger partial charge in [-0.15, -0.1) is 0 Å². The molecule has 0 aliphatic heterocycles. The fourth-order valence-corrected chi connectivity index (χ4v) is 0.830. The fourth-order valence-electron chi connectivity index (χ4n) is 0.830. The second kappa shape index (κ2) is 3.72. The molecule has 2 heteroatoms. The lowest BCUT2D eigenvalue weighted by Gasteiger charge is -1.94. The van der Waals surface area contributed by atoms with Gasteiger partial charge in [-0.25, -0.2) is 0 Å². The van der Waals surface area contributed by atoms with E-state index in [1.807, 2.05) is 30.3 Å². The third-order valence-corrected chi connectivity index (χ3v) is 1.53. The van der Waals surface area contributed by atoms with Gasteiger partial charge in [0.15, 0.2) is 5.78 Å². The van der Waals surface area contributed by atoms with Crippen LogP contribution >= 0.6 is 0 Å². The van der Waals surface area contributed by atoms with E-state index in [1.165, 1.54) is 6.92 Å². The van der Waals surface area contributed by atoms with Gasteiger partial charge in [0, 0.05) is 6.92 Å². The van der Waals surface area contributed by atoms with Gasteiger partial charge in [-0.2, -0.15) is 0 Å². The number of hydrogen-bond donors (Lipinski definition) is 1. The van der Waals surface area contributed by atoms with Crippen LogP contribution < -0.4 is 5.73 Å². The molecule has 0 atom stereocenters. The third kappa shape index (κ3) is 2.23. The Morgan fingerprint density at radius 2 is 1.92 bits per heavy atom. The number of carbonyl (C=O) groups excluding carboxylic acids is 1. The van der Waals surface area contributed by atoms with Crippen molar-refractivity contribution in [3.8, 4) is 0 Å². The molecule has 2 nitrogen and oxygen atoms in total. The lowest BCUT2D eigenvalue weighted by molar-refractivity contribution is -0.113. The van der Waals surface area contributed by atoms with Crippen LogP contribution in [0, 0.1) is 0 Å². The minimum absolute atomic E-state index is 0.0983. The number of rotatable bonds is 2. The van der Waals surface area contributed by atoms with Crippen molar-refractivity contribution in [1.29, 1.82) is 0 Å². The summed E-state index contributed by atoms with van der Waals surface area (Å²) in [5, 5.41) is 0. The average molecular weight is 161 g/mol. The van der Waals surface area contributed by atoms with Crippen LogP contribution in [0.25, 0.3) is 6.08 Å². The molecule has 1 aromatic rings. The van der Waals surface area contributed by atoms with Crippen LogP contribution in [0.5, 0.6) is 0 Å². The molecule has 0 bridgehead atoms. The van der Waals surface area contributed by atoms with Crippen LogP contribution in [0.15, 0.2) is 36.0 Å². The van der Waals surface area contributed by atoms with E-state index in [9.17, 15) is 4.79 Å². The predicted molar refractivity (Wildman–Crippen MR) is 49.3 cm³/mol. The zero-order valence-corrected chi connectivity index (χ0v) is 6.95. The summed E-state index contributed by atoms with van der Waals surface area (Å²) in [6, 6.07) is 9.52. The summed E-state index contributed by atoms with van der Waals surface area (Å²) in [5.74, 6) is -0.0983. The highest BCUT2D eigenvalue weighted by Gasteiger charge is 1.95. The Hall–Kier alpha value is -1.57. The molecule has 0 amide bonds. The molecule has 0 aromatic heterocycles. The van der Waals surface area contributed by atoms with Gasteiger partial charge in [-0.3, -0.25) is 4.79 Å². The standard InChI is InChI=1S/C10H11NO/c1-8(12)10(11)7-9-5-3-2-4-6-9/h2-7H,11H2,1H3. The van der Waals surface area contributed by atoms with Crippen molar-refractivity contribution in [2.75, 3.05) is 0 Å². The van der Waals surface area contributed by atoms with Crippen LogP contribution in [-0.4, -0.2) is 5.78 Å². The number of nitrogens with two attached hydrogens (primary N) is 1. The SMILES string of the molecule is CC(=O)C(N)=Cc1ccccc1. The first-order valence-electron chi connectivity index (χ1n) is 3.73. The minimum atomic E-state index is -0.0983. The molecule has 0 aliphatic carbocycles. The Kier molecular flexibility index (Phi) is 2.64. The smallest absolute Gasteiger partial charge is 0.175 e. The number of benzene rings is 1. The van der Waals surface area contributed by atoms with E-state index >= 15 is 0 Å². The van der Waals surface area contributed by atoms with Crippen molar-refractivity contribution < 1.29 is 4.79 Å². The zero-order chi connectivity index (χ0) is 8.97. The van der Waals surface area contributed by atoms with Gasteiger partial charge in [0.2, 0.25) is 0 Å². The maximum absolute atomic E-state index is 10.8. The monoisotopic (exact) mass is 161 g/mol. The second-order valence-corrected chi connectivity index (χ2v) is 2.57. The van der Waals surface area contributed by atoms with Crippen molar-refractivity contribution >= 4 is 11.9 Å². The summed E-state index contributed by atoms with van der Waals surface area (Å²) in [5.41, 5.74) is 6.70. The molecule has 0 unspecified atom stereocenters. The first-order valence-corrected chi connectivity index (χ1v) is 3.73. The van der Waals surface area contributed by atoms with E-state index < -0.39 is 0 Å². The fraction of sp³-hybridized carbons (Fsp3) is 0.100. The molecule has 0 saturated carbocycles. The molecule has 12 heavy (non-hydrogen) atoms. The van der Waals surface area contributed by atoms with Crippen LogP contribution in [0.4, 0.5) is 0 Å². The largest absolute Gasteiger partial charge is 0.396 e. The molecule has 0 spiro atoms. The van der Waals surface area contributed by atoms with Crippen LogP contribution in [0.3, 0.4) is 0 Å². The van der Waals surface area contributed by atoms with Crippen LogP contribution in [0.1, 0.15) is 12.5 Å². The summed E-state index contributed by atoms with van der Waals surface area (Å²) in [7, 11) is 0. The molecular weight excluding hydrogens is 150 g/mol. The number of ketones is 1. The molecule has 0 radical (unpaired) electrons. The highest BCUT2D eigenvalue weighted by molar-refractivity contribution is 5.96. The van der Waals surface area contributed by atoms with E-state index in [2.05, 4.69) is 0 Å². The Balaban J connectivity index is 2.89. The van der Waals surface area contributed by atoms with E-state index in [0.717, 1.165) is 5.56 Å². The van der Waals surface area contributed by atoms with Crippen molar-refractivity contribution in [2.24, 2.45) is 5.73 Å². The van der Waals surface area contributed by atoms with Crippen LogP contribution in [0.2, 0.25) is 0 Å². The maximum Gasteiger partial charge on any atom is 0.175 e. The summed E-state index contributed by atoms with van der Waals surface area (Å²) in [4.78, 5) is 10.8. The van der Waals surface area contributed by atoms with Gasteiger partial charge in [-0.05, 0) is 11.6 Å². The number of allylic oxidation sites excluding steroid dienone is 1. The van der Waals surface area contributed by atoms with Gasteiger partial charge < -0.3 is 5.73 Å². The van der Waals surface area contributed by atoms with Crippen LogP contribution in [-0.2, 0) is 4.79 Å². The molecule has 0 saturated heterocycles. The number of hydrogen-bond acceptors (Lipinski definition) is 2. The normalized spacial score (nSPS) is 11.2. The summed E-state index contributed by atoms with van der Waals surface area (Å²) < 4.78 is 0. The molecule has 1 aromatic carbocycles. The van der Waals surface area contributed by atoms with Crippen molar-refractivity contribution in [1.82, 2.24) is 0 Å². The minimum Gasteiger partial charge on any atom is -0.396 e. The summed E-state index contributed by atoms with van der Waals surface area (Å²) in [6.45, 7) is 1.45. The highest BCUT2D eigenvalue weighted by atomic mass is 16.1. The first kappa shape index (κ1) is 8.53. The molecule has 0 aliphatic rings. The highest BCUT2D eigenvalue weighted by Crippen LogP contribution is 2.03. The molecule has 62 valence electrons. The molecule has 2 N–H and O–H groups in total. The Labute approximate surface area is 71.7 Å². The Morgan fingerprint density at radius 1 is 1.33 bits per heavy atom. The van der Waals surface area contributed by atoms with Crippen molar-refractivity contribution in [3.05, 3.63) is 41.6 Å². The number of Topliss-reactive ketones (excluding diaryl/α,β-unsaturated/α-hetero) is 1. The maximum atomic E-state index is 10.8. The van der Waals surface area contributed by atoms with Gasteiger partial charge >= 0.3 is 0 Å². The first-order chi connectivity index (χ1) is 5.70. The molecule has 1 rings (SSSR count). The predicted octanol–water partition coefficient (Wildman–Crippen LogP) is 1.58. The van der Waals surface area contributed by atoms with E-state index in [-0.39, 0.29) is 5.78 Å². The van der Waals surface area contributed by atoms with Gasteiger partial charge in [0.25, 0.3) is 0 Å². The Bertz CT molecular complexity index is 301. The quantitative estimate of drug-likeness (QED) is 0.669. The van der Waals surface area contributed by atoms with Gasteiger partial charge in [0.05, 0.1) is 5.70 Å². The zero-order valence-electron chi connectivity index (χ0n) is 6.95. The van der Waals surface area contributed by atoms with Crippen molar-refractivity contribution in [2.45, 2.75) is 6.92 Å². The second-order valence-electron chi connectivity index (χ2n) is 2.57. The van der Waals surface area contributed by atoms with E-state index in [4.69, 9.17) is 5.73 Å². The van der Waals surface area contributed by atoms with Gasteiger partial charge in [0.1, 0.15) is 0 Å². The lowest BCUT2D eigenvalue weighted by Crippen LogP contribution is -2.06. The molecular formula is C10H11NO. The third-order valence-electron chi connectivity index (χ3n) is 1.53. The van der Waals surface area contributed by atoms with E-state index in [0.29, 0.717) is 5.70 Å². The summed E-state index contributed by atoms with van der Waals surface area (Å²) >= 11 is 0. The lowest BCUT2D eigenvalue weighted by atomic mass is 10.2. The molecule has 0 fully saturated rings. The average Bonchev–Trinajstić information content (AvgIpc) is 2.06. The summed E-state index contributed by atoms with van der Waals surface area (Å²) in [6.07, 6.45) is 1.67. The topological polar surface area (TPSA) is 43.1 Å². The number of carbonyl (C=O) groups is 1. The van der Waals surface area contributed by atoms with E-state index in [1.54, 1.807) is 6.08 Å². The Morgan fingerprint density at radius 3 is 2.42 bits per heavy atom. The van der Waals surface area contributed by atoms with Gasteiger partial charge in [-0.1, -0.05) is 30.3 Å².